The number of hydrogen-bond donors (Lipinski definition) is 1. The average Bonchev–Trinajstić information content (AvgIpc) is 3.28. The highest BCUT2D eigenvalue weighted by Gasteiger charge is 2.33. The molecule has 0 bridgehead atoms. The Balaban J connectivity index is 1.37. The van der Waals surface area contributed by atoms with Gasteiger partial charge in [-0.2, -0.15) is 0 Å². The van der Waals surface area contributed by atoms with E-state index >= 15 is 0 Å². The van der Waals surface area contributed by atoms with Gasteiger partial charge in [0.1, 0.15) is 0 Å². The molecule has 0 atom stereocenters. The number of anilines is 1. The van der Waals surface area contributed by atoms with E-state index in [1.54, 1.807) is 11.3 Å². The Bertz CT molecular complexity index is 832. The molecule has 0 spiro atoms. The third-order valence-electron chi connectivity index (χ3n) is 4.54. The molecule has 6 nitrogen and oxygen atoms in total. The number of thiophene rings is 1. The smallest absolute Gasteiger partial charge is 0.316 e. The number of nitrogens with zero attached hydrogens (tertiary/aromatic N) is 2. The molecule has 1 aliphatic carbocycles. The molecule has 27 heavy (non-hydrogen) atoms. The van der Waals surface area contributed by atoms with Crippen LogP contribution in [0.4, 0.5) is 15.3 Å². The van der Waals surface area contributed by atoms with Crippen molar-refractivity contribution in [2.45, 2.75) is 32.0 Å². The van der Waals surface area contributed by atoms with Crippen LogP contribution in [-0.4, -0.2) is 38.8 Å². The maximum Gasteiger partial charge on any atom is 0.322 e. The van der Waals surface area contributed by atoms with Crippen LogP contribution in [0.2, 0.25) is 0 Å². The second-order valence-corrected chi connectivity index (χ2v) is 8.56. The van der Waals surface area contributed by atoms with Crippen LogP contribution < -0.4 is 5.32 Å². The van der Waals surface area contributed by atoms with E-state index in [1.165, 1.54) is 9.78 Å². The third-order valence-corrected chi connectivity index (χ3v) is 6.26. The molecule has 4 amide bonds. The van der Waals surface area contributed by atoms with Gasteiger partial charge in [-0.05, 0) is 42.0 Å². The Morgan fingerprint density at radius 1 is 1.19 bits per heavy atom. The largest absolute Gasteiger partial charge is 0.322 e. The van der Waals surface area contributed by atoms with Gasteiger partial charge in [0.2, 0.25) is 5.91 Å². The molecule has 2 aliphatic rings. The summed E-state index contributed by atoms with van der Waals surface area (Å²) in [5, 5.41) is 4.77. The normalized spacial score (nSPS) is 16.7. The maximum absolute atomic E-state index is 12.7. The van der Waals surface area contributed by atoms with Gasteiger partial charge in [-0.15, -0.1) is 11.3 Å². The number of urea groups is 1. The SMILES string of the molecule is O=C1CSC(=O)N1Cc1ccc(NC(=O)N(Cc2cccs2)C2CC2)cc1. The van der Waals surface area contributed by atoms with Crippen molar-refractivity contribution >= 4 is 46.0 Å². The molecular formula is C19H19N3O3S2. The first-order valence-electron chi connectivity index (χ1n) is 8.76. The van der Waals surface area contributed by atoms with Crippen molar-refractivity contribution in [1.29, 1.82) is 0 Å². The van der Waals surface area contributed by atoms with Crippen molar-refractivity contribution in [2.75, 3.05) is 11.1 Å². The van der Waals surface area contributed by atoms with Crippen molar-refractivity contribution in [1.82, 2.24) is 9.80 Å². The van der Waals surface area contributed by atoms with Gasteiger partial charge in [0, 0.05) is 16.6 Å². The summed E-state index contributed by atoms with van der Waals surface area (Å²) >= 11 is 2.69. The number of benzene rings is 1. The number of thioether (sulfide) groups is 1. The first kappa shape index (κ1) is 18.1. The summed E-state index contributed by atoms with van der Waals surface area (Å²) in [6, 6.07) is 11.5. The van der Waals surface area contributed by atoms with Gasteiger partial charge in [-0.25, -0.2) is 4.79 Å². The van der Waals surface area contributed by atoms with Gasteiger partial charge >= 0.3 is 6.03 Å². The predicted molar refractivity (Wildman–Crippen MR) is 107 cm³/mol. The Kier molecular flexibility index (Phi) is 5.18. The Labute approximate surface area is 165 Å². The number of carbonyl (C=O) groups is 3. The molecule has 1 aliphatic heterocycles. The van der Waals surface area contributed by atoms with Crippen LogP contribution in [0, 0.1) is 0 Å². The Hall–Kier alpha value is -2.32. The fourth-order valence-corrected chi connectivity index (χ4v) is 4.36. The summed E-state index contributed by atoms with van der Waals surface area (Å²) in [6.45, 7) is 0.897. The Morgan fingerprint density at radius 3 is 2.56 bits per heavy atom. The summed E-state index contributed by atoms with van der Waals surface area (Å²) in [4.78, 5) is 40.4. The number of imide groups is 1. The van der Waals surface area contributed by atoms with E-state index in [1.807, 2.05) is 46.7 Å². The van der Waals surface area contributed by atoms with Gasteiger partial charge in [-0.3, -0.25) is 14.5 Å². The van der Waals surface area contributed by atoms with E-state index in [9.17, 15) is 14.4 Å². The van der Waals surface area contributed by atoms with Crippen molar-refractivity contribution < 1.29 is 14.4 Å². The molecule has 4 rings (SSSR count). The average molecular weight is 402 g/mol. The maximum atomic E-state index is 12.7. The number of nitrogens with one attached hydrogen (secondary N) is 1. The van der Waals surface area contributed by atoms with Gasteiger partial charge in [0.15, 0.2) is 0 Å². The fraction of sp³-hybridized carbons (Fsp3) is 0.316. The molecule has 1 aromatic carbocycles. The van der Waals surface area contributed by atoms with Gasteiger partial charge in [0.25, 0.3) is 5.24 Å². The number of hydrogen-bond acceptors (Lipinski definition) is 5. The number of amides is 4. The lowest BCUT2D eigenvalue weighted by Gasteiger charge is -2.22. The van der Waals surface area contributed by atoms with Crippen molar-refractivity contribution in [2.24, 2.45) is 0 Å². The van der Waals surface area contributed by atoms with E-state index in [0.717, 1.165) is 30.2 Å². The first-order chi connectivity index (χ1) is 13.1. The van der Waals surface area contributed by atoms with Crippen molar-refractivity contribution in [3.63, 3.8) is 0 Å². The minimum atomic E-state index is -0.203. The van der Waals surface area contributed by atoms with Crippen LogP contribution in [0.5, 0.6) is 0 Å². The second kappa shape index (κ2) is 7.74. The van der Waals surface area contributed by atoms with Crippen LogP contribution in [0.25, 0.3) is 0 Å². The monoisotopic (exact) mass is 401 g/mol. The van der Waals surface area contributed by atoms with Crippen molar-refractivity contribution in [3.8, 4) is 0 Å². The van der Waals surface area contributed by atoms with E-state index in [0.29, 0.717) is 18.3 Å². The summed E-state index contributed by atoms with van der Waals surface area (Å²) in [7, 11) is 0. The zero-order valence-electron chi connectivity index (χ0n) is 14.6. The molecule has 1 aromatic heterocycles. The minimum absolute atomic E-state index is 0.0973. The molecule has 8 heteroatoms. The molecule has 0 unspecified atom stereocenters. The number of carbonyl (C=O) groups excluding carboxylic acids is 3. The van der Waals surface area contributed by atoms with Crippen LogP contribution in [0.15, 0.2) is 41.8 Å². The quantitative estimate of drug-likeness (QED) is 0.790. The lowest BCUT2D eigenvalue weighted by atomic mass is 10.2. The van der Waals surface area contributed by atoms with Gasteiger partial charge < -0.3 is 10.2 Å². The molecule has 1 N–H and O–H groups in total. The van der Waals surface area contributed by atoms with E-state index in [4.69, 9.17) is 0 Å². The summed E-state index contributed by atoms with van der Waals surface area (Å²) in [5.41, 5.74) is 1.56. The van der Waals surface area contributed by atoms with Crippen LogP contribution >= 0.6 is 23.1 Å². The molecule has 1 saturated carbocycles. The molecule has 2 heterocycles. The lowest BCUT2D eigenvalue weighted by Crippen LogP contribution is -2.36. The number of rotatable bonds is 6. The standard InChI is InChI=1S/C19H19N3O3S2/c23-17-12-27-19(25)22(17)10-13-3-5-14(6-4-13)20-18(24)21(15-7-8-15)11-16-2-1-9-26-16/h1-6,9,15H,7-8,10-12H2,(H,20,24). The fourth-order valence-electron chi connectivity index (χ4n) is 2.93. The lowest BCUT2D eigenvalue weighted by molar-refractivity contribution is -0.125. The van der Waals surface area contributed by atoms with E-state index in [-0.39, 0.29) is 29.5 Å². The summed E-state index contributed by atoms with van der Waals surface area (Å²) in [5.74, 6) is 0.0600. The molecule has 2 fully saturated rings. The topological polar surface area (TPSA) is 69.7 Å². The second-order valence-electron chi connectivity index (χ2n) is 6.60. The van der Waals surface area contributed by atoms with Crippen LogP contribution in [0.1, 0.15) is 23.3 Å². The zero-order chi connectivity index (χ0) is 18.8. The van der Waals surface area contributed by atoms with Crippen LogP contribution in [-0.2, 0) is 17.9 Å². The van der Waals surface area contributed by atoms with E-state index < -0.39 is 0 Å². The Morgan fingerprint density at radius 2 is 1.96 bits per heavy atom. The highest BCUT2D eigenvalue weighted by molar-refractivity contribution is 8.14. The minimum Gasteiger partial charge on any atom is -0.316 e. The summed E-state index contributed by atoms with van der Waals surface area (Å²) < 4.78 is 0. The van der Waals surface area contributed by atoms with Crippen LogP contribution in [0.3, 0.4) is 0 Å². The highest BCUT2D eigenvalue weighted by atomic mass is 32.2. The molecular weight excluding hydrogens is 382 g/mol. The molecule has 1 saturated heterocycles. The van der Waals surface area contributed by atoms with Gasteiger partial charge in [0.05, 0.1) is 18.8 Å². The van der Waals surface area contributed by atoms with Gasteiger partial charge in [-0.1, -0.05) is 30.0 Å². The summed E-state index contributed by atoms with van der Waals surface area (Å²) in [6.07, 6.45) is 2.10. The third kappa shape index (κ3) is 4.33. The predicted octanol–water partition coefficient (Wildman–Crippen LogP) is 4.14. The highest BCUT2D eigenvalue weighted by Crippen LogP contribution is 2.30. The zero-order valence-corrected chi connectivity index (χ0v) is 16.2. The molecule has 2 aromatic rings. The first-order valence-corrected chi connectivity index (χ1v) is 10.6. The molecule has 0 radical (unpaired) electrons. The van der Waals surface area contributed by atoms with Crippen molar-refractivity contribution in [3.05, 3.63) is 52.2 Å². The van der Waals surface area contributed by atoms with E-state index in [2.05, 4.69) is 5.32 Å². The molecule has 140 valence electrons.